The Bertz CT molecular complexity index is 1440. The number of likely N-dealkylation sites (N-methyl/N-ethyl adjacent to an activating group) is 1. The van der Waals surface area contributed by atoms with Gasteiger partial charge in [-0.2, -0.15) is 0 Å². The van der Waals surface area contributed by atoms with E-state index in [2.05, 4.69) is 62.5 Å². The summed E-state index contributed by atoms with van der Waals surface area (Å²) in [6.07, 6.45) is 69.7. The number of carbonyl (C=O) groups is 2. The van der Waals surface area contributed by atoms with Gasteiger partial charge in [0, 0.05) is 12.8 Å². The Kier molecular flexibility index (Phi) is 54.7. The standard InChI is InChI=1S/C66H125N2O7P/c1-7-10-13-16-19-22-25-28-30-32-33-34-35-36-38-41-44-47-50-53-56-59-66(70)75-64(57-54-51-48-45-42-39-27-24-21-18-15-12-9-3)63(62-74-76(71,72)73-61-60-68(4,5)6)67-65(69)58-55-52-49-46-43-40-37-31-29-26-23-20-17-14-11-8-2/h28,30-31,37,40,43,54,57,63-64H,7-27,29,32-36,38-39,41-42,44-53,55-56,58-62H2,1-6H3,(H-,67,69,71,72)/p+1/b30-28+,37-31+,43-40+,57-54+. The highest BCUT2D eigenvalue weighted by molar-refractivity contribution is 7.47. The molecule has 2 N–H and O–H groups in total. The second-order valence-electron chi connectivity index (χ2n) is 23.3. The SMILES string of the molecule is CCCCCCCC/C=C/CCCCCCCCCCCCCC(=O)OC(/C=C/CCCCCCCCCCCCC)C(COP(=O)(O)OCC[N+](C)(C)C)NC(=O)CCCCC/C=C/C=C/CCCCCCCCC. The number of allylic oxidation sites excluding steroid dienone is 7. The highest BCUT2D eigenvalue weighted by Crippen LogP contribution is 2.43. The smallest absolute Gasteiger partial charge is 0.456 e. The lowest BCUT2D eigenvalue weighted by Crippen LogP contribution is -2.47. The lowest BCUT2D eigenvalue weighted by atomic mass is 10.0. The van der Waals surface area contributed by atoms with E-state index in [0.717, 1.165) is 64.2 Å². The van der Waals surface area contributed by atoms with Crippen LogP contribution in [0.3, 0.4) is 0 Å². The lowest BCUT2D eigenvalue weighted by molar-refractivity contribution is -0.870. The van der Waals surface area contributed by atoms with Crippen molar-refractivity contribution in [2.75, 3.05) is 40.9 Å². The summed E-state index contributed by atoms with van der Waals surface area (Å²) in [5.41, 5.74) is 0. The molecule has 0 rings (SSSR count). The van der Waals surface area contributed by atoms with Crippen LogP contribution in [0.5, 0.6) is 0 Å². The van der Waals surface area contributed by atoms with Crippen molar-refractivity contribution in [3.05, 3.63) is 48.6 Å². The molecule has 0 spiro atoms. The van der Waals surface area contributed by atoms with Crippen LogP contribution in [-0.4, -0.2) is 74.3 Å². The number of phosphoric acid groups is 1. The van der Waals surface area contributed by atoms with Crippen LogP contribution in [0.4, 0.5) is 0 Å². The number of unbranched alkanes of at least 4 members (excludes halogenated alkanes) is 38. The number of hydrogen-bond donors (Lipinski definition) is 2. The van der Waals surface area contributed by atoms with E-state index in [0.29, 0.717) is 23.9 Å². The number of amides is 1. The van der Waals surface area contributed by atoms with Gasteiger partial charge < -0.3 is 19.4 Å². The molecule has 0 saturated carbocycles. The number of nitrogens with zero attached hydrogens (tertiary/aromatic N) is 1. The molecule has 0 aliphatic heterocycles. The monoisotopic (exact) mass is 1090 g/mol. The van der Waals surface area contributed by atoms with Gasteiger partial charge in [-0.15, -0.1) is 0 Å². The quantitative estimate of drug-likeness (QED) is 0.0156. The number of hydrogen-bond acceptors (Lipinski definition) is 6. The first-order valence-corrected chi connectivity index (χ1v) is 34.0. The van der Waals surface area contributed by atoms with Crippen LogP contribution in [0.1, 0.15) is 310 Å². The number of esters is 1. The molecule has 446 valence electrons. The first-order chi connectivity index (χ1) is 36.9. The molecular weight excluding hydrogens is 964 g/mol. The zero-order chi connectivity index (χ0) is 55.7. The summed E-state index contributed by atoms with van der Waals surface area (Å²) in [7, 11) is 1.49. The van der Waals surface area contributed by atoms with E-state index >= 15 is 0 Å². The molecular formula is C66H126N2O7P+. The Labute approximate surface area is 471 Å². The van der Waals surface area contributed by atoms with Gasteiger partial charge in [0.25, 0.3) is 0 Å². The first-order valence-electron chi connectivity index (χ1n) is 32.5. The molecule has 0 radical (unpaired) electrons. The van der Waals surface area contributed by atoms with Crippen molar-refractivity contribution in [1.82, 2.24) is 5.32 Å². The van der Waals surface area contributed by atoms with Gasteiger partial charge in [-0.05, 0) is 83.1 Å². The molecule has 0 saturated heterocycles. The second kappa shape index (κ2) is 56.3. The minimum Gasteiger partial charge on any atom is -0.456 e. The summed E-state index contributed by atoms with van der Waals surface area (Å²) in [5, 5.41) is 3.05. The summed E-state index contributed by atoms with van der Waals surface area (Å²) in [5.74, 6) is -0.526. The Morgan fingerprint density at radius 2 is 0.803 bits per heavy atom. The van der Waals surface area contributed by atoms with Crippen molar-refractivity contribution in [2.24, 2.45) is 0 Å². The average Bonchev–Trinajstić information content (AvgIpc) is 3.38. The van der Waals surface area contributed by atoms with Crippen LogP contribution < -0.4 is 5.32 Å². The molecule has 1 amide bonds. The highest BCUT2D eigenvalue weighted by Gasteiger charge is 2.30. The van der Waals surface area contributed by atoms with Crippen molar-refractivity contribution < 1.29 is 37.3 Å². The summed E-state index contributed by atoms with van der Waals surface area (Å²) < 4.78 is 30.7. The molecule has 0 bridgehead atoms. The number of phosphoric ester groups is 1. The van der Waals surface area contributed by atoms with Gasteiger partial charge >= 0.3 is 13.8 Å². The van der Waals surface area contributed by atoms with Crippen molar-refractivity contribution in [2.45, 2.75) is 322 Å². The average molecular weight is 1090 g/mol. The van der Waals surface area contributed by atoms with E-state index in [4.69, 9.17) is 13.8 Å². The third kappa shape index (κ3) is 56.7. The van der Waals surface area contributed by atoms with E-state index in [1.807, 2.05) is 33.3 Å². The van der Waals surface area contributed by atoms with Crippen LogP contribution in [0.25, 0.3) is 0 Å². The Balaban J connectivity index is 5.25. The third-order valence-electron chi connectivity index (χ3n) is 14.5. The van der Waals surface area contributed by atoms with Gasteiger partial charge in [-0.3, -0.25) is 18.6 Å². The summed E-state index contributed by atoms with van der Waals surface area (Å²) >= 11 is 0. The van der Waals surface area contributed by atoms with Crippen molar-refractivity contribution in [3.63, 3.8) is 0 Å². The molecule has 0 aliphatic carbocycles. The molecule has 0 aromatic rings. The molecule has 0 aliphatic rings. The summed E-state index contributed by atoms with van der Waals surface area (Å²) in [4.78, 5) is 37.7. The molecule has 9 nitrogen and oxygen atoms in total. The summed E-state index contributed by atoms with van der Waals surface area (Å²) in [6.45, 7) is 7.01. The predicted octanol–water partition coefficient (Wildman–Crippen LogP) is 20.1. The van der Waals surface area contributed by atoms with Gasteiger partial charge in [0.05, 0.1) is 33.8 Å². The largest absolute Gasteiger partial charge is 0.472 e. The van der Waals surface area contributed by atoms with E-state index in [9.17, 15) is 19.0 Å². The second-order valence-corrected chi connectivity index (χ2v) is 24.8. The molecule has 10 heteroatoms. The number of ether oxygens (including phenoxy) is 1. The molecule has 0 fully saturated rings. The maximum Gasteiger partial charge on any atom is 0.472 e. The maximum atomic E-state index is 13.5. The van der Waals surface area contributed by atoms with Gasteiger partial charge in [0.1, 0.15) is 19.3 Å². The Morgan fingerprint density at radius 1 is 0.461 bits per heavy atom. The van der Waals surface area contributed by atoms with Crippen LogP contribution >= 0.6 is 7.82 Å². The molecule has 0 heterocycles. The Morgan fingerprint density at radius 3 is 1.21 bits per heavy atom. The zero-order valence-electron chi connectivity index (χ0n) is 51.0. The van der Waals surface area contributed by atoms with Crippen molar-refractivity contribution >= 4 is 19.7 Å². The first kappa shape index (κ1) is 74.0. The van der Waals surface area contributed by atoms with Crippen LogP contribution in [0, 0.1) is 0 Å². The Hall–Kier alpha value is -2.03. The van der Waals surface area contributed by atoms with Crippen LogP contribution in [0.15, 0.2) is 48.6 Å². The number of quaternary nitrogens is 1. The fourth-order valence-corrected chi connectivity index (χ4v) is 10.2. The molecule has 0 aromatic heterocycles. The number of rotatable bonds is 59. The van der Waals surface area contributed by atoms with E-state index < -0.39 is 20.0 Å². The minimum absolute atomic E-state index is 0.0357. The number of nitrogens with one attached hydrogen (secondary N) is 1. The fourth-order valence-electron chi connectivity index (χ4n) is 9.46. The van der Waals surface area contributed by atoms with Crippen molar-refractivity contribution in [1.29, 1.82) is 0 Å². The normalized spacial score (nSPS) is 13.9. The molecule has 0 aromatic carbocycles. The van der Waals surface area contributed by atoms with E-state index in [-0.39, 0.29) is 31.5 Å². The zero-order valence-corrected chi connectivity index (χ0v) is 51.9. The van der Waals surface area contributed by atoms with Crippen LogP contribution in [0.2, 0.25) is 0 Å². The van der Waals surface area contributed by atoms with E-state index in [1.54, 1.807) is 0 Å². The molecule has 76 heavy (non-hydrogen) atoms. The molecule has 3 unspecified atom stereocenters. The van der Waals surface area contributed by atoms with Gasteiger partial charge in [0.2, 0.25) is 5.91 Å². The number of carbonyl (C=O) groups excluding carboxylic acids is 2. The van der Waals surface area contributed by atoms with Gasteiger partial charge in [0.15, 0.2) is 0 Å². The van der Waals surface area contributed by atoms with Crippen molar-refractivity contribution in [3.8, 4) is 0 Å². The van der Waals surface area contributed by atoms with Gasteiger partial charge in [-0.1, -0.05) is 262 Å². The minimum atomic E-state index is -4.46. The molecule has 3 atom stereocenters. The highest BCUT2D eigenvalue weighted by atomic mass is 31.2. The summed E-state index contributed by atoms with van der Waals surface area (Å²) in [6, 6.07) is -0.861. The fraction of sp³-hybridized carbons (Fsp3) is 0.848. The van der Waals surface area contributed by atoms with Crippen LogP contribution in [-0.2, 0) is 27.9 Å². The lowest BCUT2D eigenvalue weighted by Gasteiger charge is -2.27. The third-order valence-corrected chi connectivity index (χ3v) is 15.5. The topological polar surface area (TPSA) is 111 Å². The van der Waals surface area contributed by atoms with E-state index in [1.165, 1.54) is 205 Å². The maximum absolute atomic E-state index is 13.5. The predicted molar refractivity (Wildman–Crippen MR) is 328 cm³/mol. The van der Waals surface area contributed by atoms with Gasteiger partial charge in [-0.25, -0.2) is 4.57 Å².